The Kier molecular flexibility index (Phi) is 6.67. The van der Waals surface area contributed by atoms with E-state index in [0.29, 0.717) is 44.8 Å². The molecule has 1 N–H and O–H groups in total. The number of fused-ring (bicyclic) bond motifs is 1. The Hall–Kier alpha value is -2.41. The predicted molar refractivity (Wildman–Crippen MR) is 108 cm³/mol. The molecule has 0 atom stereocenters. The topological polar surface area (TPSA) is 73.0 Å². The van der Waals surface area contributed by atoms with Crippen molar-refractivity contribution in [1.29, 1.82) is 0 Å². The highest BCUT2D eigenvalue weighted by Gasteiger charge is 2.26. The van der Waals surface area contributed by atoms with Gasteiger partial charge in [-0.2, -0.15) is 0 Å². The van der Waals surface area contributed by atoms with Crippen LogP contribution in [0, 0.1) is 0 Å². The first-order chi connectivity index (χ1) is 13.5. The number of carbonyl (C=O) groups is 3. The third-order valence-electron chi connectivity index (χ3n) is 5.48. The van der Waals surface area contributed by atoms with E-state index < -0.39 is 0 Å². The molecule has 0 spiro atoms. The molecule has 2 aliphatic rings. The van der Waals surface area contributed by atoms with E-state index in [0.717, 1.165) is 37.1 Å². The highest BCUT2D eigenvalue weighted by molar-refractivity contribution is 5.98. The average Bonchev–Trinajstić information content (AvgIpc) is 3.12. The van der Waals surface area contributed by atoms with E-state index in [-0.39, 0.29) is 17.7 Å². The molecule has 0 aromatic heterocycles. The molecule has 2 heterocycles. The molecule has 0 bridgehead atoms. The Morgan fingerprint density at radius 3 is 2.50 bits per heavy atom. The van der Waals surface area contributed by atoms with Crippen molar-refractivity contribution < 1.29 is 14.4 Å². The van der Waals surface area contributed by atoms with Gasteiger partial charge in [0.2, 0.25) is 11.8 Å². The van der Waals surface area contributed by atoms with Crippen LogP contribution in [0.15, 0.2) is 18.2 Å². The maximum atomic E-state index is 12.9. The van der Waals surface area contributed by atoms with Gasteiger partial charge in [-0.3, -0.25) is 19.3 Å². The minimum atomic E-state index is 0.0242. The number of nitrogens with one attached hydrogen (secondary N) is 1. The lowest BCUT2D eigenvalue weighted by molar-refractivity contribution is -0.122. The van der Waals surface area contributed by atoms with Gasteiger partial charge in [0, 0.05) is 57.4 Å². The lowest BCUT2D eigenvalue weighted by atomic mass is 10.1. The molecule has 0 aliphatic carbocycles. The van der Waals surface area contributed by atoms with Crippen molar-refractivity contribution >= 4 is 23.4 Å². The van der Waals surface area contributed by atoms with Crippen molar-refractivity contribution in [2.75, 3.05) is 50.7 Å². The maximum Gasteiger partial charge on any atom is 0.253 e. The summed E-state index contributed by atoms with van der Waals surface area (Å²) in [5.74, 6) is 0.116. The monoisotopic (exact) mass is 386 g/mol. The smallest absolute Gasteiger partial charge is 0.253 e. The molecule has 7 nitrogen and oxygen atoms in total. The van der Waals surface area contributed by atoms with Crippen molar-refractivity contribution in [3.05, 3.63) is 29.3 Å². The van der Waals surface area contributed by atoms with E-state index in [1.54, 1.807) is 11.8 Å². The average molecular weight is 386 g/mol. The number of piperazine rings is 1. The van der Waals surface area contributed by atoms with Crippen molar-refractivity contribution in [2.45, 2.75) is 33.1 Å². The van der Waals surface area contributed by atoms with Crippen LogP contribution in [0.4, 0.5) is 5.69 Å². The van der Waals surface area contributed by atoms with Crippen LogP contribution < -0.4 is 10.2 Å². The second kappa shape index (κ2) is 9.19. The number of benzene rings is 1. The van der Waals surface area contributed by atoms with Gasteiger partial charge in [-0.05, 0) is 36.6 Å². The molecule has 1 aromatic carbocycles. The van der Waals surface area contributed by atoms with Crippen LogP contribution in [-0.4, -0.2) is 73.3 Å². The molecule has 1 aromatic rings. The molecule has 152 valence electrons. The minimum Gasteiger partial charge on any atom is -0.355 e. The van der Waals surface area contributed by atoms with E-state index in [1.807, 2.05) is 23.1 Å². The van der Waals surface area contributed by atoms with Crippen molar-refractivity contribution in [1.82, 2.24) is 15.1 Å². The standard InChI is InChI=1S/C21H30N4O3/c1-3-4-8-22-20(27)15-23-10-12-24(13-11-23)21(28)18-5-6-19-17(14-18)7-9-25(19)16(2)26/h5-6,14H,3-4,7-13,15H2,1-2H3,(H,22,27). The first-order valence-electron chi connectivity index (χ1n) is 10.2. The second-order valence-corrected chi connectivity index (χ2v) is 7.54. The van der Waals surface area contributed by atoms with Gasteiger partial charge in [-0.25, -0.2) is 0 Å². The zero-order valence-corrected chi connectivity index (χ0v) is 16.9. The van der Waals surface area contributed by atoms with Gasteiger partial charge in [0.1, 0.15) is 0 Å². The van der Waals surface area contributed by atoms with Crippen LogP contribution in [0.1, 0.15) is 42.6 Å². The molecule has 1 saturated heterocycles. The summed E-state index contributed by atoms with van der Waals surface area (Å²) >= 11 is 0. The Bertz CT molecular complexity index is 741. The van der Waals surface area contributed by atoms with E-state index in [4.69, 9.17) is 0 Å². The van der Waals surface area contributed by atoms with E-state index in [1.165, 1.54) is 0 Å². The molecule has 28 heavy (non-hydrogen) atoms. The number of amides is 3. The highest BCUT2D eigenvalue weighted by atomic mass is 16.2. The Balaban J connectivity index is 1.52. The van der Waals surface area contributed by atoms with Crippen LogP contribution in [0.3, 0.4) is 0 Å². The van der Waals surface area contributed by atoms with Crippen molar-refractivity contribution in [2.24, 2.45) is 0 Å². The lowest BCUT2D eigenvalue weighted by Crippen LogP contribution is -2.51. The van der Waals surface area contributed by atoms with E-state index in [2.05, 4.69) is 17.1 Å². The first-order valence-corrected chi connectivity index (χ1v) is 10.2. The molecule has 2 aliphatic heterocycles. The van der Waals surface area contributed by atoms with Crippen molar-refractivity contribution in [3.8, 4) is 0 Å². The fourth-order valence-corrected chi connectivity index (χ4v) is 3.82. The zero-order chi connectivity index (χ0) is 20.1. The molecule has 7 heteroatoms. The third kappa shape index (κ3) is 4.70. The predicted octanol–water partition coefficient (Wildman–Crippen LogP) is 1.27. The Labute approximate surface area is 166 Å². The summed E-state index contributed by atoms with van der Waals surface area (Å²) in [5.41, 5.74) is 2.65. The van der Waals surface area contributed by atoms with E-state index in [9.17, 15) is 14.4 Å². The normalized spacial score (nSPS) is 16.8. The summed E-state index contributed by atoms with van der Waals surface area (Å²) in [6.45, 7) is 8.13. The number of nitrogens with zero attached hydrogens (tertiary/aromatic N) is 3. The number of hydrogen-bond acceptors (Lipinski definition) is 4. The quantitative estimate of drug-likeness (QED) is 0.748. The molecule has 0 unspecified atom stereocenters. The third-order valence-corrected chi connectivity index (χ3v) is 5.48. The number of anilines is 1. The fraction of sp³-hybridized carbons (Fsp3) is 0.571. The van der Waals surface area contributed by atoms with E-state index >= 15 is 0 Å². The second-order valence-electron chi connectivity index (χ2n) is 7.54. The highest BCUT2D eigenvalue weighted by Crippen LogP contribution is 2.29. The van der Waals surface area contributed by atoms with Gasteiger partial charge in [-0.1, -0.05) is 13.3 Å². The van der Waals surface area contributed by atoms with Gasteiger partial charge in [0.25, 0.3) is 5.91 Å². The Morgan fingerprint density at radius 2 is 1.82 bits per heavy atom. The zero-order valence-electron chi connectivity index (χ0n) is 16.9. The first kappa shape index (κ1) is 20.3. The maximum absolute atomic E-state index is 12.9. The van der Waals surface area contributed by atoms with Crippen LogP contribution in [0.25, 0.3) is 0 Å². The molecular weight excluding hydrogens is 356 g/mol. The van der Waals surface area contributed by atoms with Crippen molar-refractivity contribution in [3.63, 3.8) is 0 Å². The van der Waals surface area contributed by atoms with Crippen LogP contribution in [-0.2, 0) is 16.0 Å². The largest absolute Gasteiger partial charge is 0.355 e. The lowest BCUT2D eigenvalue weighted by Gasteiger charge is -2.34. The van der Waals surface area contributed by atoms with Gasteiger partial charge >= 0.3 is 0 Å². The summed E-state index contributed by atoms with van der Waals surface area (Å²) in [5, 5.41) is 2.94. The van der Waals surface area contributed by atoms with Crippen LogP contribution in [0.2, 0.25) is 0 Å². The molecule has 0 radical (unpaired) electrons. The summed E-state index contributed by atoms with van der Waals surface area (Å²) in [6, 6.07) is 5.62. The number of hydrogen-bond donors (Lipinski definition) is 1. The molecule has 0 saturated carbocycles. The summed E-state index contributed by atoms with van der Waals surface area (Å²) in [4.78, 5) is 42.2. The fourth-order valence-electron chi connectivity index (χ4n) is 3.82. The number of rotatable bonds is 6. The Morgan fingerprint density at radius 1 is 1.07 bits per heavy atom. The summed E-state index contributed by atoms with van der Waals surface area (Å²) < 4.78 is 0. The van der Waals surface area contributed by atoms with Gasteiger partial charge < -0.3 is 15.1 Å². The summed E-state index contributed by atoms with van der Waals surface area (Å²) in [6.07, 6.45) is 2.85. The van der Waals surface area contributed by atoms with Gasteiger partial charge in [-0.15, -0.1) is 0 Å². The van der Waals surface area contributed by atoms with Crippen LogP contribution in [0.5, 0.6) is 0 Å². The van der Waals surface area contributed by atoms with Crippen LogP contribution >= 0.6 is 0 Å². The van der Waals surface area contributed by atoms with Gasteiger partial charge in [0.05, 0.1) is 6.54 Å². The minimum absolute atomic E-state index is 0.0242. The number of unbranched alkanes of at least 4 members (excludes halogenated alkanes) is 1. The molecule has 3 rings (SSSR count). The molecule has 1 fully saturated rings. The SMILES string of the molecule is CCCCNC(=O)CN1CCN(C(=O)c2ccc3c(c2)CCN3C(C)=O)CC1. The summed E-state index contributed by atoms with van der Waals surface area (Å²) in [7, 11) is 0. The molecule has 3 amide bonds. The molecular formula is C21H30N4O3. The number of carbonyl (C=O) groups excluding carboxylic acids is 3. The van der Waals surface area contributed by atoms with Gasteiger partial charge in [0.15, 0.2) is 0 Å².